The van der Waals surface area contributed by atoms with E-state index < -0.39 is 0 Å². The van der Waals surface area contributed by atoms with Crippen molar-refractivity contribution in [3.63, 3.8) is 0 Å². The van der Waals surface area contributed by atoms with Gasteiger partial charge in [0, 0.05) is 30.5 Å². The van der Waals surface area contributed by atoms with Crippen molar-refractivity contribution in [1.29, 1.82) is 5.26 Å². The molecule has 0 saturated heterocycles. The van der Waals surface area contributed by atoms with Gasteiger partial charge in [-0.25, -0.2) is 0 Å². The van der Waals surface area contributed by atoms with Gasteiger partial charge in [-0.05, 0) is 41.5 Å². The zero-order chi connectivity index (χ0) is 23.0. The maximum absolute atomic E-state index is 12.4. The van der Waals surface area contributed by atoms with Crippen LogP contribution in [0.1, 0.15) is 11.1 Å². The lowest BCUT2D eigenvalue weighted by atomic mass is 10.1. The van der Waals surface area contributed by atoms with Gasteiger partial charge in [-0.15, -0.1) is 0 Å². The number of benzene rings is 2. The molecule has 166 valence electrons. The molecule has 4 rings (SSSR count). The predicted octanol–water partition coefficient (Wildman–Crippen LogP) is 3.70. The third kappa shape index (κ3) is 5.53. The molecule has 0 aliphatic rings. The first-order valence-electron chi connectivity index (χ1n) is 10.4. The Morgan fingerprint density at radius 2 is 1.85 bits per heavy atom. The Bertz CT molecular complexity index is 1320. The number of nitriles is 1. The summed E-state index contributed by atoms with van der Waals surface area (Å²) in [5.74, 6) is 1.47. The van der Waals surface area contributed by atoms with E-state index in [2.05, 4.69) is 16.2 Å². The Balaban J connectivity index is 1.53. The fourth-order valence-electron chi connectivity index (χ4n) is 3.27. The van der Waals surface area contributed by atoms with Crippen LogP contribution in [0.5, 0.6) is 5.75 Å². The highest BCUT2D eigenvalue weighted by Crippen LogP contribution is 2.22. The molecule has 8 heteroatoms. The zero-order valence-corrected chi connectivity index (χ0v) is 18.1. The molecule has 0 fully saturated rings. The molecule has 0 aliphatic heterocycles. The SMILES string of the molecule is COCCOc1cccc(Cn2cc(-c3noc(-c4ccc(CC#N)cc4)n3)ccc2=O)c1. The summed E-state index contributed by atoms with van der Waals surface area (Å²) < 4.78 is 17.7. The summed E-state index contributed by atoms with van der Waals surface area (Å²) in [7, 11) is 1.62. The van der Waals surface area contributed by atoms with Crippen LogP contribution in [-0.4, -0.2) is 35.0 Å². The minimum atomic E-state index is -0.138. The van der Waals surface area contributed by atoms with Gasteiger partial charge in [-0.1, -0.05) is 29.4 Å². The summed E-state index contributed by atoms with van der Waals surface area (Å²) in [6, 6.07) is 20.3. The Hall–Kier alpha value is -4.22. The first kappa shape index (κ1) is 22.0. The van der Waals surface area contributed by atoms with Crippen molar-refractivity contribution in [1.82, 2.24) is 14.7 Å². The van der Waals surface area contributed by atoms with E-state index in [0.29, 0.717) is 43.5 Å². The Kier molecular flexibility index (Phi) is 6.93. The highest BCUT2D eigenvalue weighted by molar-refractivity contribution is 5.59. The summed E-state index contributed by atoms with van der Waals surface area (Å²) in [5.41, 5.74) is 3.13. The molecule has 0 amide bonds. The molecular weight excluding hydrogens is 420 g/mol. The molecule has 33 heavy (non-hydrogen) atoms. The molecule has 0 unspecified atom stereocenters. The van der Waals surface area contributed by atoms with E-state index >= 15 is 0 Å². The lowest BCUT2D eigenvalue weighted by molar-refractivity contribution is 0.146. The molecule has 4 aromatic rings. The number of methoxy groups -OCH3 is 1. The maximum Gasteiger partial charge on any atom is 0.258 e. The van der Waals surface area contributed by atoms with E-state index in [1.807, 2.05) is 48.5 Å². The van der Waals surface area contributed by atoms with Crippen LogP contribution in [0, 0.1) is 11.3 Å². The minimum absolute atomic E-state index is 0.138. The van der Waals surface area contributed by atoms with Gasteiger partial charge >= 0.3 is 0 Å². The number of rotatable bonds is 9. The minimum Gasteiger partial charge on any atom is -0.491 e. The summed E-state index contributed by atoms with van der Waals surface area (Å²) in [6.07, 6.45) is 2.06. The van der Waals surface area contributed by atoms with Crippen molar-refractivity contribution in [3.05, 3.63) is 88.3 Å². The van der Waals surface area contributed by atoms with Gasteiger partial charge < -0.3 is 18.6 Å². The third-order valence-electron chi connectivity index (χ3n) is 4.96. The van der Waals surface area contributed by atoms with Crippen LogP contribution in [0.2, 0.25) is 0 Å². The van der Waals surface area contributed by atoms with Gasteiger partial charge in [0.15, 0.2) is 0 Å². The fraction of sp³-hybridized carbons (Fsp3) is 0.200. The molecule has 8 nitrogen and oxygen atoms in total. The lowest BCUT2D eigenvalue weighted by Gasteiger charge is -2.10. The summed E-state index contributed by atoms with van der Waals surface area (Å²) in [4.78, 5) is 16.9. The number of ether oxygens (including phenoxy) is 2. The quantitative estimate of drug-likeness (QED) is 0.364. The normalized spacial score (nSPS) is 10.7. The van der Waals surface area contributed by atoms with Crippen molar-refractivity contribution in [2.75, 3.05) is 20.3 Å². The summed E-state index contributed by atoms with van der Waals surface area (Å²) >= 11 is 0. The van der Waals surface area contributed by atoms with Crippen LogP contribution in [-0.2, 0) is 17.7 Å². The summed E-state index contributed by atoms with van der Waals surface area (Å²) in [5, 5.41) is 12.9. The number of nitrogens with zero attached hydrogens (tertiary/aromatic N) is 4. The molecule has 0 spiro atoms. The van der Waals surface area contributed by atoms with Crippen molar-refractivity contribution in [3.8, 4) is 34.7 Å². The van der Waals surface area contributed by atoms with E-state index in [4.69, 9.17) is 19.3 Å². The maximum atomic E-state index is 12.4. The van der Waals surface area contributed by atoms with Gasteiger partial charge in [-0.2, -0.15) is 10.2 Å². The molecule has 0 saturated carbocycles. The van der Waals surface area contributed by atoms with Gasteiger partial charge in [0.25, 0.3) is 11.4 Å². The average molecular weight is 442 g/mol. The number of pyridine rings is 1. The van der Waals surface area contributed by atoms with E-state index in [9.17, 15) is 4.79 Å². The van der Waals surface area contributed by atoms with Gasteiger partial charge in [0.2, 0.25) is 5.82 Å². The number of hydrogen-bond donors (Lipinski definition) is 0. The van der Waals surface area contributed by atoms with Crippen LogP contribution in [0.15, 0.2) is 76.2 Å². The molecule has 0 radical (unpaired) electrons. The van der Waals surface area contributed by atoms with Crippen molar-refractivity contribution in [2.24, 2.45) is 0 Å². The van der Waals surface area contributed by atoms with Gasteiger partial charge in [-0.3, -0.25) is 4.79 Å². The standard InChI is InChI=1S/C25H22N4O4/c1-31-13-14-32-22-4-2-3-19(15-22)16-29-17-21(9-10-23(29)30)24-27-25(33-28-24)20-7-5-18(6-8-20)11-12-26/h2-10,15,17H,11,13-14,16H2,1H3. The van der Waals surface area contributed by atoms with E-state index in [-0.39, 0.29) is 5.56 Å². The van der Waals surface area contributed by atoms with Gasteiger partial charge in [0.05, 0.1) is 25.6 Å². The molecule has 0 atom stereocenters. The highest BCUT2D eigenvalue weighted by atomic mass is 16.5. The first-order chi connectivity index (χ1) is 16.2. The average Bonchev–Trinajstić information content (AvgIpc) is 3.32. The monoisotopic (exact) mass is 442 g/mol. The molecule has 0 aliphatic carbocycles. The second-order valence-corrected chi connectivity index (χ2v) is 7.33. The molecule has 0 bridgehead atoms. The number of aromatic nitrogens is 3. The van der Waals surface area contributed by atoms with E-state index in [1.54, 1.807) is 23.9 Å². The highest BCUT2D eigenvalue weighted by Gasteiger charge is 2.12. The Morgan fingerprint density at radius 3 is 2.64 bits per heavy atom. The Labute approximate surface area is 190 Å². The molecule has 2 aromatic heterocycles. The second-order valence-electron chi connectivity index (χ2n) is 7.33. The van der Waals surface area contributed by atoms with Crippen LogP contribution >= 0.6 is 0 Å². The topological polar surface area (TPSA) is 103 Å². The Morgan fingerprint density at radius 1 is 1.03 bits per heavy atom. The van der Waals surface area contributed by atoms with Crippen molar-refractivity contribution >= 4 is 0 Å². The molecule has 2 aromatic carbocycles. The zero-order valence-electron chi connectivity index (χ0n) is 18.1. The lowest BCUT2D eigenvalue weighted by Crippen LogP contribution is -2.19. The molecular formula is C25H22N4O4. The molecule has 2 heterocycles. The van der Waals surface area contributed by atoms with E-state index in [0.717, 1.165) is 22.4 Å². The fourth-order valence-corrected chi connectivity index (χ4v) is 3.27. The predicted molar refractivity (Wildman–Crippen MR) is 122 cm³/mol. The van der Waals surface area contributed by atoms with Crippen LogP contribution in [0.4, 0.5) is 0 Å². The van der Waals surface area contributed by atoms with Gasteiger partial charge in [0.1, 0.15) is 12.4 Å². The van der Waals surface area contributed by atoms with Crippen LogP contribution in [0.3, 0.4) is 0 Å². The first-order valence-corrected chi connectivity index (χ1v) is 10.4. The largest absolute Gasteiger partial charge is 0.491 e. The van der Waals surface area contributed by atoms with Crippen LogP contribution < -0.4 is 10.3 Å². The van der Waals surface area contributed by atoms with Crippen LogP contribution in [0.25, 0.3) is 22.8 Å². The number of hydrogen-bond acceptors (Lipinski definition) is 7. The van der Waals surface area contributed by atoms with E-state index in [1.165, 1.54) is 6.07 Å². The second kappa shape index (κ2) is 10.4. The van der Waals surface area contributed by atoms with Crippen molar-refractivity contribution in [2.45, 2.75) is 13.0 Å². The molecule has 0 N–H and O–H groups in total. The smallest absolute Gasteiger partial charge is 0.258 e. The third-order valence-corrected chi connectivity index (χ3v) is 4.96. The van der Waals surface area contributed by atoms with Crippen molar-refractivity contribution < 1.29 is 14.0 Å². The summed E-state index contributed by atoms with van der Waals surface area (Å²) in [6.45, 7) is 1.33.